The van der Waals surface area contributed by atoms with Gasteiger partial charge in [0.2, 0.25) is 0 Å². The molecule has 6 heteroatoms. The summed E-state index contributed by atoms with van der Waals surface area (Å²) in [7, 11) is 0. The summed E-state index contributed by atoms with van der Waals surface area (Å²) < 4.78 is 5.33. The number of carboxylic acid groups (broad SMARTS) is 1. The maximum atomic E-state index is 12.1. The summed E-state index contributed by atoms with van der Waals surface area (Å²) in [6.45, 7) is 9.73. The number of rotatable bonds is 9. The van der Waals surface area contributed by atoms with Gasteiger partial charge in [-0.3, -0.25) is 4.79 Å². The summed E-state index contributed by atoms with van der Waals surface area (Å²) in [5.41, 5.74) is 0.474. The van der Waals surface area contributed by atoms with Crippen LogP contribution in [0.15, 0.2) is 30.3 Å². The molecule has 146 valence electrons. The lowest BCUT2D eigenvalue weighted by Gasteiger charge is -2.25. The van der Waals surface area contributed by atoms with Crippen molar-refractivity contribution in [3.05, 3.63) is 35.9 Å². The van der Waals surface area contributed by atoms with Gasteiger partial charge in [0.25, 0.3) is 0 Å². The first kappa shape index (κ1) is 22.0. The molecule has 1 aromatic carbocycles. The van der Waals surface area contributed by atoms with Crippen LogP contribution in [0.25, 0.3) is 0 Å². The van der Waals surface area contributed by atoms with Crippen molar-refractivity contribution in [3.8, 4) is 0 Å². The van der Waals surface area contributed by atoms with E-state index in [1.54, 1.807) is 20.8 Å². The topological polar surface area (TPSA) is 87.7 Å². The molecule has 0 bridgehead atoms. The van der Waals surface area contributed by atoms with Crippen LogP contribution in [0.2, 0.25) is 0 Å². The molecule has 3 N–H and O–H groups in total. The van der Waals surface area contributed by atoms with Crippen LogP contribution < -0.4 is 10.6 Å². The van der Waals surface area contributed by atoms with Gasteiger partial charge >= 0.3 is 12.1 Å². The van der Waals surface area contributed by atoms with E-state index in [0.29, 0.717) is 19.4 Å². The molecule has 0 aliphatic rings. The molecule has 0 heterocycles. The lowest BCUT2D eigenvalue weighted by atomic mass is 10.0. The second-order valence-electron chi connectivity index (χ2n) is 7.96. The maximum absolute atomic E-state index is 12.1. The van der Waals surface area contributed by atoms with Crippen LogP contribution in [0.4, 0.5) is 4.79 Å². The van der Waals surface area contributed by atoms with Crippen LogP contribution in [0, 0.1) is 5.92 Å². The smallest absolute Gasteiger partial charge is 0.407 e. The molecule has 26 heavy (non-hydrogen) atoms. The molecule has 0 aliphatic heterocycles. The van der Waals surface area contributed by atoms with Gasteiger partial charge in [0.15, 0.2) is 0 Å². The van der Waals surface area contributed by atoms with E-state index in [9.17, 15) is 14.7 Å². The highest BCUT2D eigenvalue weighted by Crippen LogP contribution is 2.09. The molecule has 0 saturated heterocycles. The number of benzene rings is 1. The first-order chi connectivity index (χ1) is 12.1. The summed E-state index contributed by atoms with van der Waals surface area (Å²) in [5, 5.41) is 15.3. The van der Waals surface area contributed by atoms with Crippen LogP contribution >= 0.6 is 0 Å². The number of hydrogen-bond acceptors (Lipinski definition) is 4. The van der Waals surface area contributed by atoms with Gasteiger partial charge in [-0.15, -0.1) is 0 Å². The van der Waals surface area contributed by atoms with Gasteiger partial charge in [-0.2, -0.15) is 0 Å². The Bertz CT molecular complexity index is 567. The molecule has 0 aromatic heterocycles. The zero-order valence-electron chi connectivity index (χ0n) is 16.4. The standard InChI is InChI=1S/C20H32N2O4/c1-14(2)11-17(18(23)24)21-13-16(12-15-9-7-6-8-10-15)22-19(25)26-20(3,4)5/h6-10,14,16-17,21H,11-13H2,1-5H3,(H,22,25)(H,23,24)/t16-,17-/m0/s1. The number of alkyl carbamates (subject to hydrolysis) is 1. The van der Waals surface area contributed by atoms with Gasteiger partial charge in [0.1, 0.15) is 11.6 Å². The Morgan fingerprint density at radius 2 is 1.77 bits per heavy atom. The van der Waals surface area contributed by atoms with Crippen molar-refractivity contribution in [3.63, 3.8) is 0 Å². The van der Waals surface area contributed by atoms with E-state index in [-0.39, 0.29) is 12.0 Å². The molecular weight excluding hydrogens is 332 g/mol. The zero-order chi connectivity index (χ0) is 19.7. The zero-order valence-corrected chi connectivity index (χ0v) is 16.4. The Hall–Kier alpha value is -2.08. The fraction of sp³-hybridized carbons (Fsp3) is 0.600. The normalized spacial score (nSPS) is 13.9. The van der Waals surface area contributed by atoms with Crippen molar-refractivity contribution < 1.29 is 19.4 Å². The summed E-state index contributed by atoms with van der Waals surface area (Å²) in [6.07, 6.45) is 0.608. The summed E-state index contributed by atoms with van der Waals surface area (Å²) in [5.74, 6) is -0.621. The van der Waals surface area contributed by atoms with Crippen molar-refractivity contribution in [2.75, 3.05) is 6.54 Å². The molecule has 0 fully saturated rings. The predicted molar refractivity (Wildman–Crippen MR) is 102 cm³/mol. The number of carbonyl (C=O) groups is 2. The van der Waals surface area contributed by atoms with Crippen LogP contribution in [0.5, 0.6) is 0 Å². The van der Waals surface area contributed by atoms with Crippen LogP contribution in [-0.4, -0.2) is 41.4 Å². The first-order valence-corrected chi connectivity index (χ1v) is 9.06. The van der Waals surface area contributed by atoms with Gasteiger partial charge in [0.05, 0.1) is 0 Å². The van der Waals surface area contributed by atoms with Gasteiger partial charge in [0, 0.05) is 12.6 Å². The molecule has 1 amide bonds. The van der Waals surface area contributed by atoms with Crippen molar-refractivity contribution in [2.24, 2.45) is 5.92 Å². The Kier molecular flexibility index (Phi) is 8.58. The summed E-state index contributed by atoms with van der Waals surface area (Å²) in [6, 6.07) is 8.84. The monoisotopic (exact) mass is 364 g/mol. The highest BCUT2D eigenvalue weighted by molar-refractivity contribution is 5.73. The molecule has 6 nitrogen and oxygen atoms in total. The molecule has 0 aliphatic carbocycles. The van der Waals surface area contributed by atoms with Crippen LogP contribution in [-0.2, 0) is 16.0 Å². The molecule has 2 atom stereocenters. The number of hydrogen-bond donors (Lipinski definition) is 3. The quantitative estimate of drug-likeness (QED) is 0.626. The van der Waals surface area contributed by atoms with E-state index in [2.05, 4.69) is 10.6 Å². The SMILES string of the molecule is CC(C)C[C@H](NC[C@H](Cc1ccccc1)NC(=O)OC(C)(C)C)C(=O)O. The molecular formula is C20H32N2O4. The second kappa shape index (κ2) is 10.2. The Morgan fingerprint density at radius 3 is 2.27 bits per heavy atom. The van der Waals surface area contributed by atoms with E-state index in [1.165, 1.54) is 0 Å². The van der Waals surface area contributed by atoms with Gasteiger partial charge < -0.3 is 20.5 Å². The number of amides is 1. The maximum Gasteiger partial charge on any atom is 0.407 e. The minimum absolute atomic E-state index is 0.259. The lowest BCUT2D eigenvalue weighted by Crippen LogP contribution is -2.49. The van der Waals surface area contributed by atoms with Gasteiger partial charge in [-0.25, -0.2) is 4.79 Å². The minimum atomic E-state index is -0.880. The summed E-state index contributed by atoms with van der Waals surface area (Å²) >= 11 is 0. The third-order valence-electron chi connectivity index (χ3n) is 3.66. The molecule has 0 spiro atoms. The Labute approximate surface area is 156 Å². The first-order valence-electron chi connectivity index (χ1n) is 9.06. The van der Waals surface area contributed by atoms with E-state index < -0.39 is 23.7 Å². The van der Waals surface area contributed by atoms with Crippen LogP contribution in [0.1, 0.15) is 46.6 Å². The largest absolute Gasteiger partial charge is 0.480 e. The fourth-order valence-electron chi connectivity index (χ4n) is 2.57. The summed E-state index contributed by atoms with van der Waals surface area (Å²) in [4.78, 5) is 23.6. The van der Waals surface area contributed by atoms with Gasteiger partial charge in [-0.1, -0.05) is 44.2 Å². The Balaban J connectivity index is 2.76. The fourth-order valence-corrected chi connectivity index (χ4v) is 2.57. The third kappa shape index (κ3) is 9.42. The van der Waals surface area contributed by atoms with E-state index in [0.717, 1.165) is 5.56 Å². The molecule has 0 saturated carbocycles. The van der Waals surface area contributed by atoms with E-state index in [1.807, 2.05) is 44.2 Å². The molecule has 0 radical (unpaired) electrons. The highest BCUT2D eigenvalue weighted by Gasteiger charge is 2.23. The van der Waals surface area contributed by atoms with Crippen molar-refractivity contribution in [1.29, 1.82) is 0 Å². The van der Waals surface area contributed by atoms with Gasteiger partial charge in [-0.05, 0) is 45.1 Å². The van der Waals surface area contributed by atoms with Crippen molar-refractivity contribution in [2.45, 2.75) is 65.1 Å². The number of aliphatic carboxylic acids is 1. The van der Waals surface area contributed by atoms with Crippen molar-refractivity contribution >= 4 is 12.1 Å². The third-order valence-corrected chi connectivity index (χ3v) is 3.66. The molecule has 1 aromatic rings. The Morgan fingerprint density at radius 1 is 1.15 bits per heavy atom. The lowest BCUT2D eigenvalue weighted by molar-refractivity contribution is -0.139. The van der Waals surface area contributed by atoms with Crippen molar-refractivity contribution in [1.82, 2.24) is 10.6 Å². The minimum Gasteiger partial charge on any atom is -0.480 e. The number of carbonyl (C=O) groups excluding carboxylic acids is 1. The second-order valence-corrected chi connectivity index (χ2v) is 7.96. The number of nitrogens with one attached hydrogen (secondary N) is 2. The van der Waals surface area contributed by atoms with Crippen LogP contribution in [0.3, 0.4) is 0 Å². The number of carboxylic acids is 1. The molecule has 1 rings (SSSR count). The predicted octanol–water partition coefficient (Wildman–Crippen LogP) is 3.21. The molecule has 0 unspecified atom stereocenters. The average molecular weight is 364 g/mol. The van der Waals surface area contributed by atoms with E-state index >= 15 is 0 Å². The highest BCUT2D eigenvalue weighted by atomic mass is 16.6. The van der Waals surface area contributed by atoms with E-state index in [4.69, 9.17) is 4.74 Å². The number of ether oxygens (including phenoxy) is 1. The average Bonchev–Trinajstić information content (AvgIpc) is 2.49.